The molecule has 2 N–H and O–H groups in total. The first kappa shape index (κ1) is 18.9. The van der Waals surface area contributed by atoms with Crippen LogP contribution in [0.3, 0.4) is 0 Å². The highest BCUT2D eigenvalue weighted by molar-refractivity contribution is 7.89. The van der Waals surface area contributed by atoms with Crippen LogP contribution in [-0.2, 0) is 21.4 Å². The second-order valence-electron chi connectivity index (χ2n) is 5.66. The third-order valence-electron chi connectivity index (χ3n) is 3.45. The minimum atomic E-state index is -3.53. The molecule has 0 aliphatic heterocycles. The van der Waals surface area contributed by atoms with Gasteiger partial charge in [-0.05, 0) is 35.9 Å². The molecule has 0 unspecified atom stereocenters. The molecule has 134 valence electrons. The SMILES string of the molecule is CC(=O)Nc1ccc(F)c(NCc2cccc(S(=O)(=O)N(C)C)c2)c1. The average Bonchev–Trinajstić information content (AvgIpc) is 2.55. The molecule has 8 heteroatoms. The molecule has 0 aromatic heterocycles. The van der Waals surface area contributed by atoms with E-state index in [4.69, 9.17) is 0 Å². The number of rotatable bonds is 6. The number of carbonyl (C=O) groups excluding carboxylic acids is 1. The van der Waals surface area contributed by atoms with Gasteiger partial charge in [-0.25, -0.2) is 17.1 Å². The van der Waals surface area contributed by atoms with E-state index < -0.39 is 15.8 Å². The van der Waals surface area contributed by atoms with Crippen molar-refractivity contribution in [3.05, 3.63) is 53.8 Å². The summed E-state index contributed by atoms with van der Waals surface area (Å²) in [5.74, 6) is -0.717. The zero-order valence-electron chi connectivity index (χ0n) is 14.2. The van der Waals surface area contributed by atoms with Gasteiger partial charge in [0.2, 0.25) is 15.9 Å². The van der Waals surface area contributed by atoms with Gasteiger partial charge < -0.3 is 10.6 Å². The number of carbonyl (C=O) groups is 1. The summed E-state index contributed by atoms with van der Waals surface area (Å²) in [6.07, 6.45) is 0. The first-order valence-electron chi connectivity index (χ1n) is 7.52. The van der Waals surface area contributed by atoms with E-state index in [9.17, 15) is 17.6 Å². The minimum Gasteiger partial charge on any atom is -0.379 e. The van der Waals surface area contributed by atoms with Crippen molar-refractivity contribution in [3.8, 4) is 0 Å². The topological polar surface area (TPSA) is 78.5 Å². The summed E-state index contributed by atoms with van der Waals surface area (Å²) in [7, 11) is -0.604. The molecule has 0 aliphatic rings. The maximum absolute atomic E-state index is 13.9. The average molecular weight is 365 g/mol. The summed E-state index contributed by atoms with van der Waals surface area (Å²) in [5, 5.41) is 5.50. The maximum Gasteiger partial charge on any atom is 0.242 e. The Hall–Kier alpha value is -2.45. The van der Waals surface area contributed by atoms with Crippen molar-refractivity contribution >= 4 is 27.3 Å². The van der Waals surface area contributed by atoms with Crippen LogP contribution in [0.2, 0.25) is 0 Å². The summed E-state index contributed by atoms with van der Waals surface area (Å²) < 4.78 is 39.4. The number of benzene rings is 2. The Bertz CT molecular complexity index is 882. The van der Waals surface area contributed by atoms with Crippen molar-refractivity contribution in [1.29, 1.82) is 0 Å². The number of hydrogen-bond donors (Lipinski definition) is 2. The second-order valence-corrected chi connectivity index (χ2v) is 7.82. The highest BCUT2D eigenvalue weighted by atomic mass is 32.2. The van der Waals surface area contributed by atoms with E-state index in [1.54, 1.807) is 12.1 Å². The van der Waals surface area contributed by atoms with Gasteiger partial charge in [0.15, 0.2) is 0 Å². The lowest BCUT2D eigenvalue weighted by Gasteiger charge is -2.13. The molecule has 0 heterocycles. The van der Waals surface area contributed by atoms with Crippen molar-refractivity contribution in [3.63, 3.8) is 0 Å². The van der Waals surface area contributed by atoms with E-state index in [1.807, 2.05) is 0 Å². The molecule has 25 heavy (non-hydrogen) atoms. The van der Waals surface area contributed by atoms with Gasteiger partial charge in [0.1, 0.15) is 5.82 Å². The number of anilines is 2. The number of halogens is 1. The zero-order valence-corrected chi connectivity index (χ0v) is 15.0. The summed E-state index contributed by atoms with van der Waals surface area (Å²) >= 11 is 0. The molecule has 0 saturated carbocycles. The molecule has 0 saturated heterocycles. The van der Waals surface area contributed by atoms with E-state index in [-0.39, 0.29) is 23.0 Å². The molecule has 0 fully saturated rings. The quantitative estimate of drug-likeness (QED) is 0.825. The Morgan fingerprint density at radius 1 is 1.16 bits per heavy atom. The Labute approximate surface area is 146 Å². The standard InChI is InChI=1S/C17H20FN3O3S/c1-12(22)20-14-7-8-16(18)17(10-14)19-11-13-5-4-6-15(9-13)25(23,24)21(2)3/h4-10,19H,11H2,1-3H3,(H,20,22). The summed E-state index contributed by atoms with van der Waals surface area (Å²) in [5.41, 5.74) is 1.37. The number of nitrogens with one attached hydrogen (secondary N) is 2. The first-order chi connectivity index (χ1) is 11.7. The summed E-state index contributed by atoms with van der Waals surface area (Å²) in [6, 6.07) is 10.6. The molecular formula is C17H20FN3O3S. The number of sulfonamides is 1. The molecule has 2 aromatic carbocycles. The molecule has 0 spiro atoms. The molecule has 0 aliphatic carbocycles. The fourth-order valence-electron chi connectivity index (χ4n) is 2.17. The molecule has 2 aromatic rings. The van der Waals surface area contributed by atoms with Crippen molar-refractivity contribution in [2.24, 2.45) is 0 Å². The Balaban J connectivity index is 2.18. The highest BCUT2D eigenvalue weighted by Gasteiger charge is 2.17. The Morgan fingerprint density at radius 3 is 2.52 bits per heavy atom. The van der Waals surface area contributed by atoms with E-state index in [2.05, 4.69) is 10.6 Å². The van der Waals surface area contributed by atoms with E-state index in [0.29, 0.717) is 11.3 Å². The normalized spacial score (nSPS) is 11.4. The van der Waals surface area contributed by atoms with Crippen LogP contribution >= 0.6 is 0 Å². The largest absolute Gasteiger partial charge is 0.379 e. The number of amides is 1. The Morgan fingerprint density at radius 2 is 1.88 bits per heavy atom. The van der Waals surface area contributed by atoms with Crippen LogP contribution < -0.4 is 10.6 Å². The van der Waals surface area contributed by atoms with Gasteiger partial charge in [-0.2, -0.15) is 0 Å². The van der Waals surface area contributed by atoms with Crippen LogP contribution in [0.15, 0.2) is 47.4 Å². The smallest absolute Gasteiger partial charge is 0.242 e. The third-order valence-corrected chi connectivity index (χ3v) is 5.26. The summed E-state index contributed by atoms with van der Waals surface area (Å²) in [4.78, 5) is 11.3. The number of hydrogen-bond acceptors (Lipinski definition) is 4. The molecule has 0 radical (unpaired) electrons. The summed E-state index contributed by atoms with van der Waals surface area (Å²) in [6.45, 7) is 1.60. The first-order valence-corrected chi connectivity index (χ1v) is 8.96. The van der Waals surface area contributed by atoms with Crippen molar-refractivity contribution < 1.29 is 17.6 Å². The van der Waals surface area contributed by atoms with Crippen LogP contribution in [0.4, 0.5) is 15.8 Å². The zero-order chi connectivity index (χ0) is 18.6. The van der Waals surface area contributed by atoms with Gasteiger partial charge in [0.05, 0.1) is 10.6 Å². The third kappa shape index (κ3) is 4.77. The molecule has 0 bridgehead atoms. The van der Waals surface area contributed by atoms with Crippen LogP contribution in [0, 0.1) is 5.82 Å². The van der Waals surface area contributed by atoms with Crippen LogP contribution in [0.25, 0.3) is 0 Å². The Kier molecular flexibility index (Phi) is 5.76. The van der Waals surface area contributed by atoms with Crippen LogP contribution in [-0.4, -0.2) is 32.7 Å². The predicted molar refractivity (Wildman–Crippen MR) is 95.3 cm³/mol. The van der Waals surface area contributed by atoms with Crippen molar-refractivity contribution in [2.45, 2.75) is 18.4 Å². The van der Waals surface area contributed by atoms with E-state index in [1.165, 1.54) is 51.4 Å². The predicted octanol–water partition coefficient (Wildman–Crippen LogP) is 2.65. The lowest BCUT2D eigenvalue weighted by atomic mass is 10.2. The highest BCUT2D eigenvalue weighted by Crippen LogP contribution is 2.21. The van der Waals surface area contributed by atoms with E-state index in [0.717, 1.165) is 4.31 Å². The van der Waals surface area contributed by atoms with Gasteiger partial charge in [-0.1, -0.05) is 12.1 Å². The minimum absolute atomic E-state index is 0.171. The monoisotopic (exact) mass is 365 g/mol. The molecule has 6 nitrogen and oxygen atoms in total. The van der Waals surface area contributed by atoms with E-state index >= 15 is 0 Å². The van der Waals surface area contributed by atoms with Gasteiger partial charge in [-0.15, -0.1) is 0 Å². The van der Waals surface area contributed by atoms with Gasteiger partial charge in [0, 0.05) is 33.3 Å². The fraction of sp³-hybridized carbons (Fsp3) is 0.235. The van der Waals surface area contributed by atoms with Crippen molar-refractivity contribution in [2.75, 3.05) is 24.7 Å². The maximum atomic E-state index is 13.9. The molecular weight excluding hydrogens is 345 g/mol. The number of nitrogens with zero attached hydrogens (tertiary/aromatic N) is 1. The van der Waals surface area contributed by atoms with Crippen LogP contribution in [0.5, 0.6) is 0 Å². The fourth-order valence-corrected chi connectivity index (χ4v) is 3.14. The van der Waals surface area contributed by atoms with Crippen molar-refractivity contribution in [1.82, 2.24) is 4.31 Å². The van der Waals surface area contributed by atoms with Gasteiger partial charge >= 0.3 is 0 Å². The molecule has 1 amide bonds. The molecule has 0 atom stereocenters. The van der Waals surface area contributed by atoms with Gasteiger partial charge in [0.25, 0.3) is 0 Å². The second kappa shape index (κ2) is 7.62. The molecule has 2 rings (SSSR count). The lowest BCUT2D eigenvalue weighted by molar-refractivity contribution is -0.114. The lowest BCUT2D eigenvalue weighted by Crippen LogP contribution is -2.22. The van der Waals surface area contributed by atoms with Gasteiger partial charge in [-0.3, -0.25) is 4.79 Å². The van der Waals surface area contributed by atoms with Crippen LogP contribution in [0.1, 0.15) is 12.5 Å².